The summed E-state index contributed by atoms with van der Waals surface area (Å²) in [6.45, 7) is 3.85. The van der Waals surface area contributed by atoms with E-state index in [0.717, 1.165) is 4.31 Å². The molecule has 1 rings (SSSR count). The van der Waals surface area contributed by atoms with Crippen molar-refractivity contribution >= 4 is 22.4 Å². The molecule has 0 spiro atoms. The van der Waals surface area contributed by atoms with Crippen molar-refractivity contribution in [2.75, 3.05) is 13.6 Å². The monoisotopic (exact) mass is 360 g/mol. The number of benzene rings is 1. The third-order valence-corrected chi connectivity index (χ3v) is 5.17. The van der Waals surface area contributed by atoms with Crippen molar-refractivity contribution in [3.05, 3.63) is 29.6 Å². The van der Waals surface area contributed by atoms with E-state index in [1.807, 2.05) is 13.8 Å². The van der Waals surface area contributed by atoms with E-state index >= 15 is 0 Å². The fraction of sp³-hybridized carbons (Fsp3) is 0.538. The van der Waals surface area contributed by atoms with Crippen LogP contribution in [0.2, 0.25) is 0 Å². The number of halogens is 4. The predicted molar refractivity (Wildman–Crippen MR) is 80.8 cm³/mol. The van der Waals surface area contributed by atoms with Gasteiger partial charge in [-0.05, 0) is 18.4 Å². The Balaban J connectivity index is 0.00000441. The van der Waals surface area contributed by atoms with E-state index in [9.17, 15) is 21.6 Å². The first-order valence-electron chi connectivity index (χ1n) is 6.43. The predicted octanol–water partition coefficient (Wildman–Crippen LogP) is 2.52. The Bertz CT molecular complexity index is 612. The van der Waals surface area contributed by atoms with E-state index in [1.54, 1.807) is 0 Å². The van der Waals surface area contributed by atoms with Crippen LogP contribution in [0, 0.1) is 23.4 Å². The Morgan fingerprint density at radius 1 is 1.14 bits per heavy atom. The molecule has 0 saturated heterocycles. The van der Waals surface area contributed by atoms with Crippen LogP contribution in [-0.2, 0) is 10.0 Å². The molecular weight excluding hydrogens is 341 g/mol. The lowest BCUT2D eigenvalue weighted by atomic mass is 10.0. The largest absolute Gasteiger partial charge is 0.327 e. The second-order valence-electron chi connectivity index (χ2n) is 5.22. The fourth-order valence-electron chi connectivity index (χ4n) is 1.65. The van der Waals surface area contributed by atoms with Crippen molar-refractivity contribution in [2.45, 2.75) is 31.2 Å². The third-order valence-electron chi connectivity index (χ3n) is 3.30. The van der Waals surface area contributed by atoms with E-state index in [1.165, 1.54) is 7.05 Å². The van der Waals surface area contributed by atoms with Gasteiger partial charge in [0.15, 0.2) is 11.6 Å². The first-order valence-corrected chi connectivity index (χ1v) is 7.87. The molecule has 0 amide bonds. The lowest BCUT2D eigenvalue weighted by Crippen LogP contribution is -2.35. The zero-order valence-corrected chi connectivity index (χ0v) is 14.1. The van der Waals surface area contributed by atoms with E-state index < -0.39 is 32.4 Å². The van der Waals surface area contributed by atoms with Gasteiger partial charge in [-0.25, -0.2) is 25.9 Å². The van der Waals surface area contributed by atoms with Crippen LogP contribution in [-0.4, -0.2) is 32.4 Å². The summed E-state index contributed by atoms with van der Waals surface area (Å²) in [5.41, 5.74) is 5.82. The summed E-state index contributed by atoms with van der Waals surface area (Å²) in [6.07, 6.45) is 0.374. The van der Waals surface area contributed by atoms with Crippen molar-refractivity contribution in [2.24, 2.45) is 11.7 Å². The van der Waals surface area contributed by atoms with Crippen molar-refractivity contribution in [3.8, 4) is 0 Å². The van der Waals surface area contributed by atoms with Crippen LogP contribution in [0.3, 0.4) is 0 Å². The molecule has 0 aromatic heterocycles. The molecule has 0 saturated carbocycles. The summed E-state index contributed by atoms with van der Waals surface area (Å²) in [5, 5.41) is 0. The fourth-order valence-corrected chi connectivity index (χ4v) is 2.89. The van der Waals surface area contributed by atoms with Gasteiger partial charge in [-0.3, -0.25) is 0 Å². The van der Waals surface area contributed by atoms with Gasteiger partial charge in [0.25, 0.3) is 0 Å². The maximum Gasteiger partial charge on any atom is 0.245 e. The molecule has 1 aromatic carbocycles. The minimum Gasteiger partial charge on any atom is -0.327 e. The number of nitrogens with zero attached hydrogens (tertiary/aromatic N) is 1. The van der Waals surface area contributed by atoms with Gasteiger partial charge in [0.2, 0.25) is 10.0 Å². The highest BCUT2D eigenvalue weighted by atomic mass is 35.5. The number of sulfonamides is 1. The Kier molecular flexibility index (Phi) is 7.84. The van der Waals surface area contributed by atoms with Crippen molar-refractivity contribution in [1.82, 2.24) is 4.31 Å². The summed E-state index contributed by atoms with van der Waals surface area (Å²) in [7, 11) is -3.00. The van der Waals surface area contributed by atoms with Gasteiger partial charge in [0.05, 0.1) is 0 Å². The third kappa shape index (κ3) is 4.84. The van der Waals surface area contributed by atoms with Crippen molar-refractivity contribution in [1.29, 1.82) is 0 Å². The first-order chi connectivity index (χ1) is 9.57. The van der Waals surface area contributed by atoms with Crippen molar-refractivity contribution < 1.29 is 21.6 Å². The number of hydrogen-bond donors (Lipinski definition) is 1. The van der Waals surface area contributed by atoms with Gasteiger partial charge in [-0.15, -0.1) is 12.4 Å². The van der Waals surface area contributed by atoms with Gasteiger partial charge < -0.3 is 5.73 Å². The number of hydrogen-bond acceptors (Lipinski definition) is 3. The smallest absolute Gasteiger partial charge is 0.245 e. The molecule has 2 N–H and O–H groups in total. The van der Waals surface area contributed by atoms with Gasteiger partial charge in [0, 0.05) is 25.7 Å². The topological polar surface area (TPSA) is 63.4 Å². The van der Waals surface area contributed by atoms with Gasteiger partial charge in [0.1, 0.15) is 10.7 Å². The minimum atomic E-state index is -4.23. The minimum absolute atomic E-state index is 0. The summed E-state index contributed by atoms with van der Waals surface area (Å²) >= 11 is 0. The standard InChI is InChI=1S/C13H19F3N2O2S.ClH/c1-8(2)12(17)4-5-18(3)21(19,20)13-7-10(15)9(14)6-11(13)16;/h6-8,12H,4-5,17H2,1-3H3;1H. The lowest BCUT2D eigenvalue weighted by Gasteiger charge is -2.21. The van der Waals surface area contributed by atoms with E-state index in [2.05, 4.69) is 0 Å². The molecule has 22 heavy (non-hydrogen) atoms. The SMILES string of the molecule is CC(C)C(N)CCN(C)S(=O)(=O)c1cc(F)c(F)cc1F.Cl. The van der Waals surface area contributed by atoms with Crippen LogP contribution in [0.15, 0.2) is 17.0 Å². The molecule has 0 bridgehead atoms. The molecule has 0 fully saturated rings. The second kappa shape index (κ2) is 8.14. The molecule has 1 aromatic rings. The van der Waals surface area contributed by atoms with E-state index in [0.29, 0.717) is 12.5 Å². The summed E-state index contributed by atoms with van der Waals surface area (Å²) in [6, 6.07) is 0.354. The maximum absolute atomic E-state index is 13.6. The van der Waals surface area contributed by atoms with Crippen LogP contribution in [0.1, 0.15) is 20.3 Å². The van der Waals surface area contributed by atoms with E-state index in [-0.39, 0.29) is 37.0 Å². The van der Waals surface area contributed by atoms with Crippen LogP contribution < -0.4 is 5.73 Å². The molecule has 1 atom stereocenters. The highest BCUT2D eigenvalue weighted by Gasteiger charge is 2.27. The molecule has 0 aliphatic rings. The average molecular weight is 361 g/mol. The number of nitrogens with two attached hydrogens (primary N) is 1. The summed E-state index contributed by atoms with van der Waals surface area (Å²) in [4.78, 5) is -0.887. The molecule has 0 aliphatic heterocycles. The summed E-state index contributed by atoms with van der Waals surface area (Å²) < 4.78 is 64.7. The van der Waals surface area contributed by atoms with Crippen LogP contribution in [0.5, 0.6) is 0 Å². The molecule has 0 heterocycles. The molecular formula is C13H20ClF3N2O2S. The van der Waals surface area contributed by atoms with Crippen LogP contribution in [0.25, 0.3) is 0 Å². The van der Waals surface area contributed by atoms with Crippen LogP contribution in [0.4, 0.5) is 13.2 Å². The van der Waals surface area contributed by atoms with Gasteiger partial charge >= 0.3 is 0 Å². The lowest BCUT2D eigenvalue weighted by molar-refractivity contribution is 0.395. The molecule has 0 radical (unpaired) electrons. The highest BCUT2D eigenvalue weighted by Crippen LogP contribution is 2.22. The number of rotatable bonds is 6. The zero-order chi connectivity index (χ0) is 16.4. The molecule has 9 heteroatoms. The molecule has 128 valence electrons. The van der Waals surface area contributed by atoms with Crippen LogP contribution >= 0.6 is 12.4 Å². The highest BCUT2D eigenvalue weighted by molar-refractivity contribution is 7.89. The Morgan fingerprint density at radius 2 is 1.64 bits per heavy atom. The Morgan fingerprint density at radius 3 is 2.14 bits per heavy atom. The summed E-state index contributed by atoms with van der Waals surface area (Å²) in [5.74, 6) is -4.01. The molecule has 0 aliphatic carbocycles. The quantitative estimate of drug-likeness (QED) is 0.793. The maximum atomic E-state index is 13.6. The zero-order valence-electron chi connectivity index (χ0n) is 12.5. The average Bonchev–Trinajstić information content (AvgIpc) is 2.39. The second-order valence-corrected chi connectivity index (χ2v) is 7.23. The Hall–Kier alpha value is -0.830. The first kappa shape index (κ1) is 21.2. The molecule has 4 nitrogen and oxygen atoms in total. The van der Waals surface area contributed by atoms with Crippen molar-refractivity contribution in [3.63, 3.8) is 0 Å². The Labute approximate surface area is 134 Å². The van der Waals surface area contributed by atoms with Gasteiger partial charge in [-0.2, -0.15) is 0 Å². The van der Waals surface area contributed by atoms with Gasteiger partial charge in [-0.1, -0.05) is 13.8 Å². The molecule has 1 unspecified atom stereocenters. The normalized spacial score (nSPS) is 13.3. The van der Waals surface area contributed by atoms with E-state index in [4.69, 9.17) is 5.73 Å².